The molecule has 5 nitrogen and oxygen atoms in total. The highest BCUT2D eigenvalue weighted by Gasteiger charge is 2.25. The molecule has 0 aliphatic heterocycles. The number of pyridine rings is 1. The van der Waals surface area contributed by atoms with E-state index in [2.05, 4.69) is 4.98 Å². The minimum atomic E-state index is -0.704. The number of esters is 1. The third-order valence-electron chi connectivity index (χ3n) is 4.05. The Morgan fingerprint density at radius 1 is 1.32 bits per heavy atom. The van der Waals surface area contributed by atoms with E-state index in [1.807, 2.05) is 36.4 Å². The fourth-order valence-electron chi connectivity index (χ4n) is 2.61. The zero-order chi connectivity index (χ0) is 18.6. The summed E-state index contributed by atoms with van der Waals surface area (Å²) in [6.07, 6.45) is 3.02. The van der Waals surface area contributed by atoms with Gasteiger partial charge < -0.3 is 14.6 Å². The first-order chi connectivity index (χ1) is 11.8. The van der Waals surface area contributed by atoms with E-state index in [0.717, 1.165) is 22.0 Å². The van der Waals surface area contributed by atoms with Crippen LogP contribution in [-0.4, -0.2) is 30.3 Å². The van der Waals surface area contributed by atoms with Gasteiger partial charge in [0.1, 0.15) is 0 Å². The minimum Gasteiger partial charge on any atom is -0.468 e. The predicted molar refractivity (Wildman–Crippen MR) is 97.9 cm³/mol. The Morgan fingerprint density at radius 3 is 2.64 bits per heavy atom. The molecular weight excluding hydrogens is 318 g/mol. The number of methoxy groups -OCH3 is 2. The van der Waals surface area contributed by atoms with Gasteiger partial charge in [0.15, 0.2) is 0 Å². The molecule has 5 heteroatoms. The van der Waals surface area contributed by atoms with Gasteiger partial charge in [-0.3, -0.25) is 4.79 Å². The van der Waals surface area contributed by atoms with Gasteiger partial charge in [-0.2, -0.15) is 0 Å². The quantitative estimate of drug-likeness (QED) is 0.811. The number of benzene rings is 1. The molecule has 1 aromatic carbocycles. The molecular formula is C20H25NO4. The van der Waals surface area contributed by atoms with Crippen LogP contribution in [0.3, 0.4) is 0 Å². The van der Waals surface area contributed by atoms with Crippen molar-refractivity contribution in [3.63, 3.8) is 0 Å². The van der Waals surface area contributed by atoms with Crippen molar-refractivity contribution in [1.82, 2.24) is 4.98 Å². The number of hydrogen-bond acceptors (Lipinski definition) is 5. The average molecular weight is 343 g/mol. The van der Waals surface area contributed by atoms with Crippen molar-refractivity contribution in [3.8, 4) is 0 Å². The Labute approximate surface area is 148 Å². The third kappa shape index (κ3) is 4.44. The summed E-state index contributed by atoms with van der Waals surface area (Å²) in [5, 5.41) is 10.9. The van der Waals surface area contributed by atoms with Crippen LogP contribution in [0.2, 0.25) is 0 Å². The number of aliphatic hydroxyl groups excluding tert-OH is 1. The van der Waals surface area contributed by atoms with Crippen LogP contribution in [0, 0.1) is 5.41 Å². The molecule has 2 aromatic rings. The number of rotatable bonds is 6. The molecule has 134 valence electrons. The van der Waals surface area contributed by atoms with Gasteiger partial charge in [-0.25, -0.2) is 4.98 Å². The summed E-state index contributed by atoms with van der Waals surface area (Å²) in [4.78, 5) is 16.4. The summed E-state index contributed by atoms with van der Waals surface area (Å²) in [7, 11) is 3.00. The van der Waals surface area contributed by atoms with Crippen LogP contribution in [0.15, 0.2) is 30.3 Å². The van der Waals surface area contributed by atoms with Gasteiger partial charge in [0.25, 0.3) is 0 Å². The fourth-order valence-corrected chi connectivity index (χ4v) is 2.61. The van der Waals surface area contributed by atoms with Crippen molar-refractivity contribution in [2.75, 3.05) is 14.2 Å². The molecule has 0 saturated carbocycles. The third-order valence-corrected chi connectivity index (χ3v) is 4.05. The zero-order valence-corrected chi connectivity index (χ0v) is 15.4. The molecule has 0 radical (unpaired) electrons. The molecule has 0 aliphatic rings. The van der Waals surface area contributed by atoms with Gasteiger partial charge in [0.2, 0.25) is 0 Å². The highest BCUT2D eigenvalue weighted by atomic mass is 16.5. The van der Waals surface area contributed by atoms with E-state index < -0.39 is 11.5 Å². The van der Waals surface area contributed by atoms with Gasteiger partial charge in [-0.05, 0) is 38.5 Å². The molecule has 0 aliphatic carbocycles. The molecule has 1 N–H and O–H groups in total. The molecule has 0 saturated heterocycles. The normalized spacial score (nSPS) is 13.4. The number of carbonyl (C=O) groups is 1. The fraction of sp³-hybridized carbons (Fsp3) is 0.400. The maximum atomic E-state index is 11.8. The van der Waals surface area contributed by atoms with E-state index >= 15 is 0 Å². The van der Waals surface area contributed by atoms with Crippen molar-refractivity contribution >= 4 is 22.9 Å². The first kappa shape index (κ1) is 19.1. The summed E-state index contributed by atoms with van der Waals surface area (Å²) in [5.74, 6) is -0.289. The van der Waals surface area contributed by atoms with Crippen molar-refractivity contribution in [1.29, 1.82) is 0 Å². The van der Waals surface area contributed by atoms with Gasteiger partial charge >= 0.3 is 5.97 Å². The van der Waals surface area contributed by atoms with Crippen molar-refractivity contribution in [3.05, 3.63) is 47.2 Å². The van der Waals surface area contributed by atoms with Crippen molar-refractivity contribution in [2.45, 2.75) is 33.5 Å². The van der Waals surface area contributed by atoms with Crippen molar-refractivity contribution < 1.29 is 19.4 Å². The van der Waals surface area contributed by atoms with E-state index in [1.54, 1.807) is 27.9 Å². The molecule has 0 amide bonds. The average Bonchev–Trinajstić information content (AvgIpc) is 2.58. The number of carbonyl (C=O) groups excluding carboxylic acids is 1. The number of nitrogens with zero attached hydrogens (tertiary/aromatic N) is 1. The summed E-state index contributed by atoms with van der Waals surface area (Å²) in [5.41, 5.74) is 2.50. The van der Waals surface area contributed by atoms with E-state index in [-0.39, 0.29) is 5.97 Å². The molecule has 0 unspecified atom stereocenters. The molecule has 1 aromatic heterocycles. The van der Waals surface area contributed by atoms with Crippen LogP contribution in [0.25, 0.3) is 17.0 Å². The molecule has 1 heterocycles. The van der Waals surface area contributed by atoms with E-state index in [4.69, 9.17) is 9.47 Å². The van der Waals surface area contributed by atoms with Gasteiger partial charge in [0, 0.05) is 18.1 Å². The number of aliphatic hydroxyl groups is 1. The first-order valence-electron chi connectivity index (χ1n) is 8.16. The molecule has 25 heavy (non-hydrogen) atoms. The maximum Gasteiger partial charge on any atom is 0.315 e. The SMILES string of the molecule is COCc1cc2ccc(C=CC(C)(C)C(=O)OC)cc2nc1[C@@H](C)O. The molecule has 0 bridgehead atoms. The lowest BCUT2D eigenvalue weighted by Gasteiger charge is -2.16. The topological polar surface area (TPSA) is 68.7 Å². The predicted octanol–water partition coefficient (Wildman–Crippen LogP) is 3.65. The summed E-state index contributed by atoms with van der Waals surface area (Å²) in [6, 6.07) is 7.85. The summed E-state index contributed by atoms with van der Waals surface area (Å²) < 4.78 is 10.0. The Hall–Kier alpha value is -2.24. The van der Waals surface area contributed by atoms with E-state index in [1.165, 1.54) is 7.11 Å². The monoisotopic (exact) mass is 343 g/mol. The number of hydrogen-bond donors (Lipinski definition) is 1. The lowest BCUT2D eigenvalue weighted by Crippen LogP contribution is -2.22. The maximum absolute atomic E-state index is 11.8. The Morgan fingerprint density at radius 2 is 2.04 bits per heavy atom. The summed E-state index contributed by atoms with van der Waals surface area (Å²) in [6.45, 7) is 5.70. The van der Waals surface area contributed by atoms with Crippen molar-refractivity contribution in [2.24, 2.45) is 5.41 Å². The Kier molecular flexibility index (Phi) is 5.93. The number of ether oxygens (including phenoxy) is 2. The van der Waals surface area contributed by atoms with Gasteiger partial charge in [0.05, 0.1) is 36.4 Å². The molecule has 0 spiro atoms. The van der Waals surface area contributed by atoms with Crippen LogP contribution in [0.4, 0.5) is 0 Å². The van der Waals surface area contributed by atoms with Crippen LogP contribution in [-0.2, 0) is 20.9 Å². The first-order valence-corrected chi connectivity index (χ1v) is 8.16. The smallest absolute Gasteiger partial charge is 0.315 e. The zero-order valence-electron chi connectivity index (χ0n) is 15.4. The minimum absolute atomic E-state index is 0.289. The Balaban J connectivity index is 2.42. The second kappa shape index (κ2) is 7.76. The van der Waals surface area contributed by atoms with Crippen LogP contribution < -0.4 is 0 Å². The molecule has 0 fully saturated rings. The van der Waals surface area contributed by atoms with Gasteiger partial charge in [-0.15, -0.1) is 0 Å². The standard InChI is InChI=1S/C20H25NO4/c1-13(22)18-16(12-24-4)11-15-7-6-14(10-17(15)21-18)8-9-20(2,3)19(23)25-5/h6-11,13,22H,12H2,1-5H3/t13-/m1/s1. The highest BCUT2D eigenvalue weighted by Crippen LogP contribution is 2.25. The van der Waals surface area contributed by atoms with Crippen LogP contribution >= 0.6 is 0 Å². The summed E-state index contributed by atoms with van der Waals surface area (Å²) >= 11 is 0. The largest absolute Gasteiger partial charge is 0.468 e. The van der Waals surface area contributed by atoms with E-state index in [0.29, 0.717) is 12.3 Å². The van der Waals surface area contributed by atoms with Crippen LogP contribution in [0.5, 0.6) is 0 Å². The second-order valence-corrected chi connectivity index (χ2v) is 6.64. The Bertz CT molecular complexity index is 794. The number of fused-ring (bicyclic) bond motifs is 1. The second-order valence-electron chi connectivity index (χ2n) is 6.64. The molecule has 1 atom stereocenters. The van der Waals surface area contributed by atoms with Gasteiger partial charge in [-0.1, -0.05) is 24.3 Å². The lowest BCUT2D eigenvalue weighted by atomic mass is 9.92. The number of aromatic nitrogens is 1. The molecule has 2 rings (SSSR count). The van der Waals surface area contributed by atoms with E-state index in [9.17, 15) is 9.90 Å². The van der Waals surface area contributed by atoms with Crippen LogP contribution in [0.1, 0.15) is 43.7 Å². The lowest BCUT2D eigenvalue weighted by molar-refractivity contribution is -0.148. The highest BCUT2D eigenvalue weighted by molar-refractivity contribution is 5.83.